The molecule has 1 aromatic heterocycles. The number of fused-ring (bicyclic) bond motifs is 1. The zero-order chi connectivity index (χ0) is 13.3. The van der Waals surface area contributed by atoms with E-state index in [1.54, 1.807) is 0 Å². The summed E-state index contributed by atoms with van der Waals surface area (Å²) in [4.78, 5) is 20.4. The zero-order valence-electron chi connectivity index (χ0n) is 11.0. The first-order valence-corrected chi connectivity index (χ1v) is 6.69. The van der Waals surface area contributed by atoms with Gasteiger partial charge in [0.2, 0.25) is 11.8 Å². The van der Waals surface area contributed by atoms with E-state index in [9.17, 15) is 4.79 Å². The summed E-state index contributed by atoms with van der Waals surface area (Å²) in [6, 6.07) is 0. The van der Waals surface area contributed by atoms with Crippen LogP contribution < -0.4 is 15.4 Å². The first-order valence-electron chi connectivity index (χ1n) is 6.69. The van der Waals surface area contributed by atoms with E-state index in [4.69, 9.17) is 4.74 Å². The van der Waals surface area contributed by atoms with E-state index < -0.39 is 0 Å². The molecule has 102 valence electrons. The molecule has 1 spiro atoms. The number of aromatic nitrogens is 2. The maximum absolute atomic E-state index is 12.1. The van der Waals surface area contributed by atoms with Gasteiger partial charge in [0.05, 0.1) is 7.11 Å². The number of nitrogens with zero attached hydrogens (tertiary/aromatic N) is 2. The van der Waals surface area contributed by atoms with Crippen LogP contribution in [0.3, 0.4) is 0 Å². The molecule has 6 heteroatoms. The maximum Gasteiger partial charge on any atom is 0.242 e. The predicted octanol–water partition coefficient (Wildman–Crippen LogP) is 1.94. The molecule has 1 aromatic rings. The lowest BCUT2D eigenvalue weighted by Crippen LogP contribution is -2.41. The highest BCUT2D eigenvalue weighted by Crippen LogP contribution is 2.40. The molecule has 6 nitrogen and oxygen atoms in total. The zero-order valence-corrected chi connectivity index (χ0v) is 11.0. The summed E-state index contributed by atoms with van der Waals surface area (Å²) in [7, 11) is 1.54. The van der Waals surface area contributed by atoms with Crippen LogP contribution in [-0.2, 0) is 4.79 Å². The molecule has 2 heterocycles. The highest BCUT2D eigenvalue weighted by Gasteiger charge is 2.38. The lowest BCUT2D eigenvalue weighted by atomic mass is 9.79. The average Bonchev–Trinajstić information content (AvgIpc) is 2.54. The van der Waals surface area contributed by atoms with Crippen molar-refractivity contribution >= 4 is 17.4 Å². The van der Waals surface area contributed by atoms with Gasteiger partial charge in [-0.1, -0.05) is 19.3 Å². The molecule has 1 amide bonds. The quantitative estimate of drug-likeness (QED) is 0.809. The normalized spacial score (nSPS) is 21.0. The molecule has 1 saturated carbocycles. The molecule has 1 aliphatic heterocycles. The number of carbonyl (C=O) groups excluding carboxylic acids is 1. The Morgan fingerprint density at radius 1 is 1.26 bits per heavy atom. The summed E-state index contributed by atoms with van der Waals surface area (Å²) < 4.78 is 5.19. The van der Waals surface area contributed by atoms with Crippen molar-refractivity contribution in [3.05, 3.63) is 6.33 Å². The van der Waals surface area contributed by atoms with E-state index in [2.05, 4.69) is 20.6 Å². The first-order chi connectivity index (χ1) is 9.22. The molecule has 0 aromatic carbocycles. The Morgan fingerprint density at radius 3 is 2.79 bits per heavy atom. The van der Waals surface area contributed by atoms with Crippen LogP contribution in [0, 0.1) is 0 Å². The van der Waals surface area contributed by atoms with Crippen LogP contribution in [0.5, 0.6) is 5.88 Å². The Balaban J connectivity index is 2.00. The summed E-state index contributed by atoms with van der Waals surface area (Å²) in [6.07, 6.45) is 7.49. The molecular weight excluding hydrogens is 244 g/mol. The molecule has 19 heavy (non-hydrogen) atoms. The number of carbonyl (C=O) groups is 1. The van der Waals surface area contributed by atoms with Crippen LogP contribution in [0.15, 0.2) is 6.33 Å². The fraction of sp³-hybridized carbons (Fsp3) is 0.615. The van der Waals surface area contributed by atoms with Crippen LogP contribution >= 0.6 is 0 Å². The Kier molecular flexibility index (Phi) is 3.00. The van der Waals surface area contributed by atoms with Gasteiger partial charge in [-0.3, -0.25) is 4.79 Å². The topological polar surface area (TPSA) is 76.1 Å². The van der Waals surface area contributed by atoms with Crippen molar-refractivity contribution in [1.29, 1.82) is 0 Å². The van der Waals surface area contributed by atoms with Crippen LogP contribution in [0.1, 0.15) is 38.5 Å². The van der Waals surface area contributed by atoms with Crippen molar-refractivity contribution in [3.63, 3.8) is 0 Å². The molecule has 0 unspecified atom stereocenters. The summed E-state index contributed by atoms with van der Waals surface area (Å²) >= 11 is 0. The number of hydrogen-bond acceptors (Lipinski definition) is 5. The second-order valence-electron chi connectivity index (χ2n) is 5.30. The monoisotopic (exact) mass is 262 g/mol. The van der Waals surface area contributed by atoms with Crippen molar-refractivity contribution in [2.45, 2.75) is 44.1 Å². The van der Waals surface area contributed by atoms with Crippen molar-refractivity contribution in [2.24, 2.45) is 0 Å². The van der Waals surface area contributed by atoms with E-state index in [0.29, 0.717) is 23.8 Å². The number of amides is 1. The van der Waals surface area contributed by atoms with Gasteiger partial charge in [0.1, 0.15) is 12.0 Å². The van der Waals surface area contributed by atoms with E-state index >= 15 is 0 Å². The fourth-order valence-corrected chi connectivity index (χ4v) is 3.05. The molecule has 2 aliphatic rings. The predicted molar refractivity (Wildman–Crippen MR) is 71.3 cm³/mol. The highest BCUT2D eigenvalue weighted by atomic mass is 16.5. The van der Waals surface area contributed by atoms with Gasteiger partial charge in [-0.25, -0.2) is 4.98 Å². The van der Waals surface area contributed by atoms with Crippen LogP contribution in [0.2, 0.25) is 0 Å². The second-order valence-corrected chi connectivity index (χ2v) is 5.30. The molecule has 1 aliphatic carbocycles. The highest BCUT2D eigenvalue weighted by molar-refractivity contribution is 5.97. The van der Waals surface area contributed by atoms with Gasteiger partial charge in [0.15, 0.2) is 5.82 Å². The van der Waals surface area contributed by atoms with Crippen molar-refractivity contribution in [2.75, 3.05) is 17.7 Å². The third-order valence-electron chi connectivity index (χ3n) is 3.96. The average molecular weight is 262 g/mol. The molecule has 1 fully saturated rings. The number of rotatable bonds is 1. The largest absolute Gasteiger partial charge is 0.479 e. The van der Waals surface area contributed by atoms with Crippen molar-refractivity contribution < 1.29 is 9.53 Å². The third-order valence-corrected chi connectivity index (χ3v) is 3.96. The summed E-state index contributed by atoms with van der Waals surface area (Å²) in [5, 5.41) is 6.33. The van der Waals surface area contributed by atoms with Gasteiger partial charge in [0.25, 0.3) is 0 Å². The van der Waals surface area contributed by atoms with Crippen molar-refractivity contribution in [3.8, 4) is 5.88 Å². The molecule has 0 atom stereocenters. The number of hydrogen-bond donors (Lipinski definition) is 2. The Bertz CT molecular complexity index is 497. The SMILES string of the molecule is COc1ncnc2c1NC(=O)CC1(CCCCC1)N2. The van der Waals surface area contributed by atoms with Crippen LogP contribution in [-0.4, -0.2) is 28.5 Å². The van der Waals surface area contributed by atoms with E-state index in [1.165, 1.54) is 19.9 Å². The minimum absolute atomic E-state index is 0.00116. The molecule has 3 rings (SSSR count). The van der Waals surface area contributed by atoms with Gasteiger partial charge in [-0.2, -0.15) is 4.98 Å². The Morgan fingerprint density at radius 2 is 2.05 bits per heavy atom. The van der Waals surface area contributed by atoms with E-state index in [0.717, 1.165) is 25.7 Å². The second kappa shape index (κ2) is 4.68. The van der Waals surface area contributed by atoms with Crippen molar-refractivity contribution in [1.82, 2.24) is 9.97 Å². The summed E-state index contributed by atoms with van der Waals surface area (Å²) in [5.74, 6) is 1.07. The van der Waals surface area contributed by atoms with Gasteiger partial charge >= 0.3 is 0 Å². The third kappa shape index (κ3) is 2.22. The van der Waals surface area contributed by atoms with Gasteiger partial charge in [-0.05, 0) is 12.8 Å². The lowest BCUT2D eigenvalue weighted by Gasteiger charge is -2.36. The Hall–Kier alpha value is -1.85. The summed E-state index contributed by atoms with van der Waals surface area (Å²) in [6.45, 7) is 0. The number of methoxy groups -OCH3 is 1. The minimum Gasteiger partial charge on any atom is -0.479 e. The summed E-state index contributed by atoms with van der Waals surface area (Å²) in [5.41, 5.74) is 0.393. The molecular formula is C13H18N4O2. The molecule has 2 N–H and O–H groups in total. The van der Waals surface area contributed by atoms with Gasteiger partial charge in [0, 0.05) is 12.0 Å². The number of anilines is 2. The molecule has 0 saturated heterocycles. The van der Waals surface area contributed by atoms with Gasteiger partial charge in [-0.15, -0.1) is 0 Å². The standard InChI is InChI=1S/C13H18N4O2/c1-19-12-10-11(14-8-15-12)17-13(7-9(18)16-10)5-3-2-4-6-13/h8H,2-7H2,1H3,(H,16,18)(H,14,15,17). The van der Waals surface area contributed by atoms with Crippen LogP contribution in [0.25, 0.3) is 0 Å². The first kappa shape index (κ1) is 12.2. The molecule has 0 radical (unpaired) electrons. The van der Waals surface area contributed by atoms with Crippen LogP contribution in [0.4, 0.5) is 11.5 Å². The number of nitrogens with one attached hydrogen (secondary N) is 2. The smallest absolute Gasteiger partial charge is 0.242 e. The van der Waals surface area contributed by atoms with E-state index in [1.807, 2.05) is 0 Å². The van der Waals surface area contributed by atoms with Gasteiger partial charge < -0.3 is 15.4 Å². The molecule has 0 bridgehead atoms. The fourth-order valence-electron chi connectivity index (χ4n) is 3.05. The van der Waals surface area contributed by atoms with E-state index in [-0.39, 0.29) is 11.4 Å². The maximum atomic E-state index is 12.1. The number of ether oxygens (including phenoxy) is 1. The minimum atomic E-state index is -0.160. The lowest BCUT2D eigenvalue weighted by molar-refractivity contribution is -0.117. The Labute approximate surface area is 112 Å².